The van der Waals surface area contributed by atoms with Gasteiger partial charge in [0.1, 0.15) is 16.3 Å². The van der Waals surface area contributed by atoms with Crippen molar-refractivity contribution in [2.24, 2.45) is 5.73 Å². The number of pyridine rings is 1. The third kappa shape index (κ3) is 2.96. The van der Waals surface area contributed by atoms with Gasteiger partial charge in [-0.25, -0.2) is 4.39 Å². The Hall–Kier alpha value is -2.22. The maximum absolute atomic E-state index is 14.6. The molecule has 0 bridgehead atoms. The van der Waals surface area contributed by atoms with Crippen molar-refractivity contribution in [2.45, 2.75) is 6.42 Å². The number of methoxy groups -OCH3 is 1. The second-order valence-electron chi connectivity index (χ2n) is 6.15. The molecule has 4 rings (SSSR count). The highest BCUT2D eigenvalue weighted by Crippen LogP contribution is 2.43. The van der Waals surface area contributed by atoms with Gasteiger partial charge in [-0.05, 0) is 63.6 Å². The van der Waals surface area contributed by atoms with Crippen molar-refractivity contribution in [2.75, 3.05) is 13.7 Å². The monoisotopic (exact) mass is 446 g/mol. The van der Waals surface area contributed by atoms with Crippen molar-refractivity contribution in [3.63, 3.8) is 0 Å². The molecule has 0 aliphatic rings. The fourth-order valence-corrected chi connectivity index (χ4v) is 4.68. The van der Waals surface area contributed by atoms with E-state index in [0.717, 1.165) is 16.3 Å². The van der Waals surface area contributed by atoms with Crippen LogP contribution in [0.25, 0.3) is 32.1 Å². The number of fused-ring (bicyclic) bond motifs is 3. The number of ether oxygens (including phenoxy) is 1. The number of nitrogens with two attached hydrogens (primary N) is 1. The van der Waals surface area contributed by atoms with Crippen LogP contribution >= 0.6 is 27.3 Å². The Morgan fingerprint density at radius 2 is 2.11 bits per heavy atom. The maximum Gasteiger partial charge on any atom is 0.266 e. The van der Waals surface area contributed by atoms with E-state index in [1.807, 2.05) is 17.5 Å². The molecule has 2 aromatic carbocycles. The Morgan fingerprint density at radius 3 is 2.81 bits per heavy atom. The largest absolute Gasteiger partial charge is 0.496 e. The molecule has 4 aromatic rings. The quantitative estimate of drug-likeness (QED) is 0.471. The Balaban J connectivity index is 2.13. The zero-order chi connectivity index (χ0) is 19.1. The minimum atomic E-state index is -0.304. The molecule has 0 spiro atoms. The van der Waals surface area contributed by atoms with Crippen LogP contribution in [0.3, 0.4) is 0 Å². The lowest BCUT2D eigenvalue weighted by Crippen LogP contribution is -2.06. The van der Waals surface area contributed by atoms with Gasteiger partial charge in [-0.2, -0.15) is 0 Å². The Morgan fingerprint density at radius 1 is 1.30 bits per heavy atom. The summed E-state index contributed by atoms with van der Waals surface area (Å²) in [5, 5.41) is 3.52. The minimum absolute atomic E-state index is 0.145. The Kier molecular flexibility index (Phi) is 4.75. The molecule has 0 aliphatic heterocycles. The first-order chi connectivity index (χ1) is 13.0. The summed E-state index contributed by atoms with van der Waals surface area (Å²) in [6.07, 6.45) is 0.479. The predicted octanol–water partition coefficient (Wildman–Crippen LogP) is 4.82. The number of hydrogen-bond donors (Lipinski definition) is 2. The van der Waals surface area contributed by atoms with Gasteiger partial charge in [-0.15, -0.1) is 11.3 Å². The SMILES string of the molecule is COc1cc(Br)c2[nH]c(=O)c3sccc3c2c1-c1ccc(CCN)c(F)c1. The number of aromatic amines is 1. The van der Waals surface area contributed by atoms with Crippen LogP contribution in [-0.2, 0) is 6.42 Å². The first kappa shape index (κ1) is 18.2. The van der Waals surface area contributed by atoms with Gasteiger partial charge in [-0.3, -0.25) is 4.79 Å². The summed E-state index contributed by atoms with van der Waals surface area (Å²) in [6.45, 7) is 0.386. The van der Waals surface area contributed by atoms with Crippen molar-refractivity contribution in [3.8, 4) is 16.9 Å². The summed E-state index contributed by atoms with van der Waals surface area (Å²) in [5.41, 5.74) is 8.08. The fraction of sp³-hybridized carbons (Fsp3) is 0.150. The predicted molar refractivity (Wildman–Crippen MR) is 112 cm³/mol. The third-order valence-corrected chi connectivity index (χ3v) is 6.14. The van der Waals surface area contributed by atoms with Crippen LogP contribution in [0.1, 0.15) is 5.56 Å². The van der Waals surface area contributed by atoms with Crippen LogP contribution in [0.15, 0.2) is 45.0 Å². The molecule has 4 nitrogen and oxygen atoms in total. The molecule has 138 valence electrons. The highest BCUT2D eigenvalue weighted by molar-refractivity contribution is 9.10. The van der Waals surface area contributed by atoms with E-state index in [2.05, 4.69) is 20.9 Å². The van der Waals surface area contributed by atoms with Crippen molar-refractivity contribution < 1.29 is 9.13 Å². The van der Waals surface area contributed by atoms with Crippen molar-refractivity contribution in [3.05, 3.63) is 61.9 Å². The van der Waals surface area contributed by atoms with E-state index in [4.69, 9.17) is 10.5 Å². The topological polar surface area (TPSA) is 68.1 Å². The van der Waals surface area contributed by atoms with Crippen LogP contribution in [0.4, 0.5) is 4.39 Å². The zero-order valence-corrected chi connectivity index (χ0v) is 16.8. The van der Waals surface area contributed by atoms with Crippen LogP contribution in [0, 0.1) is 5.82 Å². The summed E-state index contributed by atoms with van der Waals surface area (Å²) in [4.78, 5) is 15.3. The number of benzene rings is 2. The second kappa shape index (κ2) is 7.07. The highest BCUT2D eigenvalue weighted by Gasteiger charge is 2.19. The number of H-pyrrole nitrogens is 1. The molecular formula is C20H16BrFN2O2S. The number of hydrogen-bond acceptors (Lipinski definition) is 4. The molecule has 0 amide bonds. The second-order valence-corrected chi connectivity index (χ2v) is 7.92. The van der Waals surface area contributed by atoms with E-state index in [9.17, 15) is 9.18 Å². The van der Waals surface area contributed by atoms with Gasteiger partial charge in [0.05, 0.1) is 12.6 Å². The van der Waals surface area contributed by atoms with Crippen molar-refractivity contribution in [1.29, 1.82) is 0 Å². The summed E-state index contributed by atoms with van der Waals surface area (Å²) < 4.78 is 21.5. The Labute approximate surface area is 166 Å². The molecule has 7 heteroatoms. The maximum atomic E-state index is 14.6. The molecule has 2 heterocycles. The zero-order valence-electron chi connectivity index (χ0n) is 14.4. The standard InChI is InChI=1S/C20H16BrFN2O2S/c1-26-15-9-13(21)18-17(12-5-7-27-19(12)20(25)24-18)16(15)11-3-2-10(4-6-23)14(22)8-11/h2-3,5,7-9H,4,6,23H2,1H3,(H,24,25). The number of thiophene rings is 1. The van der Waals surface area contributed by atoms with Gasteiger partial charge in [0.2, 0.25) is 0 Å². The lowest BCUT2D eigenvalue weighted by molar-refractivity contribution is 0.416. The molecule has 0 radical (unpaired) electrons. The lowest BCUT2D eigenvalue weighted by Gasteiger charge is -2.15. The smallest absolute Gasteiger partial charge is 0.266 e. The molecule has 27 heavy (non-hydrogen) atoms. The van der Waals surface area contributed by atoms with Gasteiger partial charge < -0.3 is 15.5 Å². The third-order valence-electron chi connectivity index (χ3n) is 4.60. The van der Waals surface area contributed by atoms with Gasteiger partial charge in [0, 0.05) is 20.8 Å². The number of aromatic nitrogens is 1. The average molecular weight is 447 g/mol. The van der Waals surface area contributed by atoms with Gasteiger partial charge in [0.15, 0.2) is 0 Å². The number of halogens is 2. The van der Waals surface area contributed by atoms with E-state index in [1.54, 1.807) is 19.2 Å². The van der Waals surface area contributed by atoms with E-state index in [-0.39, 0.29) is 11.4 Å². The minimum Gasteiger partial charge on any atom is -0.496 e. The molecule has 0 atom stereocenters. The van der Waals surface area contributed by atoms with Crippen molar-refractivity contribution >= 4 is 48.3 Å². The molecule has 0 aliphatic carbocycles. The fourth-order valence-electron chi connectivity index (χ4n) is 3.38. The average Bonchev–Trinajstić information content (AvgIpc) is 3.15. The molecule has 0 fully saturated rings. The first-order valence-corrected chi connectivity index (χ1v) is 10.0. The van der Waals surface area contributed by atoms with E-state index in [0.29, 0.717) is 44.5 Å². The molecule has 0 saturated carbocycles. The highest BCUT2D eigenvalue weighted by atomic mass is 79.9. The summed E-state index contributed by atoms with van der Waals surface area (Å²) in [5.74, 6) is 0.293. The molecule has 3 N–H and O–H groups in total. The Bertz CT molecular complexity index is 1230. The molecule has 0 saturated heterocycles. The number of rotatable bonds is 4. The summed E-state index contributed by atoms with van der Waals surface area (Å²) >= 11 is 4.89. The molecule has 0 unspecified atom stereocenters. The summed E-state index contributed by atoms with van der Waals surface area (Å²) in [7, 11) is 1.58. The van der Waals surface area contributed by atoms with Gasteiger partial charge >= 0.3 is 0 Å². The van der Waals surface area contributed by atoms with E-state index in [1.165, 1.54) is 17.4 Å². The van der Waals surface area contributed by atoms with E-state index >= 15 is 0 Å². The lowest BCUT2D eigenvalue weighted by atomic mass is 9.96. The molecule has 2 aromatic heterocycles. The van der Waals surface area contributed by atoms with Crippen molar-refractivity contribution in [1.82, 2.24) is 4.98 Å². The number of nitrogens with one attached hydrogen (secondary N) is 1. The summed E-state index contributed by atoms with van der Waals surface area (Å²) in [6, 6.07) is 8.81. The van der Waals surface area contributed by atoms with E-state index < -0.39 is 0 Å². The van der Waals surface area contributed by atoms with Crippen LogP contribution in [-0.4, -0.2) is 18.6 Å². The normalized spacial score (nSPS) is 11.4. The first-order valence-electron chi connectivity index (χ1n) is 8.33. The van der Waals surface area contributed by atoms with Gasteiger partial charge in [-0.1, -0.05) is 12.1 Å². The van der Waals surface area contributed by atoms with Gasteiger partial charge in [0.25, 0.3) is 5.56 Å². The molecular weight excluding hydrogens is 431 g/mol. The van der Waals surface area contributed by atoms with Crippen LogP contribution in [0.2, 0.25) is 0 Å². The van der Waals surface area contributed by atoms with Crippen LogP contribution in [0.5, 0.6) is 5.75 Å². The van der Waals surface area contributed by atoms with Crippen LogP contribution < -0.4 is 16.0 Å².